The highest BCUT2D eigenvalue weighted by atomic mass is 32.2. The third-order valence-corrected chi connectivity index (χ3v) is 2.39. The molecule has 0 radical (unpaired) electrons. The van der Waals surface area contributed by atoms with Crippen molar-refractivity contribution in [3.8, 4) is 0 Å². The van der Waals surface area contributed by atoms with Gasteiger partial charge in [0, 0.05) is 12.4 Å². The van der Waals surface area contributed by atoms with Crippen molar-refractivity contribution in [2.75, 3.05) is 0 Å². The molecule has 0 aliphatic carbocycles. The van der Waals surface area contributed by atoms with Gasteiger partial charge in [0.2, 0.25) is 0 Å². The largest absolute Gasteiger partial charge is 0.453 e. The van der Waals surface area contributed by atoms with E-state index in [0.717, 1.165) is 10.9 Å². The smallest absolute Gasteiger partial charge is 0.195 e. The predicted octanol–water partition coefficient (Wildman–Crippen LogP) is 1.68. The highest BCUT2D eigenvalue weighted by molar-refractivity contribution is 7.99. The highest BCUT2D eigenvalue weighted by Crippen LogP contribution is 2.25. The molecule has 2 aromatic heterocycles. The van der Waals surface area contributed by atoms with Crippen LogP contribution in [0.15, 0.2) is 45.3 Å². The van der Waals surface area contributed by atoms with Gasteiger partial charge in [-0.05, 0) is 30.0 Å². The van der Waals surface area contributed by atoms with Crippen LogP contribution in [0.2, 0.25) is 0 Å². The summed E-state index contributed by atoms with van der Waals surface area (Å²) in [5.41, 5.74) is 5.42. The Bertz CT molecular complexity index is 401. The Morgan fingerprint density at radius 2 is 2.07 bits per heavy atom. The summed E-state index contributed by atoms with van der Waals surface area (Å²) in [6.07, 6.45) is 3.39. The molecule has 0 aromatic carbocycles. The minimum Gasteiger partial charge on any atom is -0.453 e. The molecule has 0 amide bonds. The van der Waals surface area contributed by atoms with Crippen LogP contribution in [0.25, 0.3) is 0 Å². The molecule has 4 nitrogen and oxygen atoms in total. The normalized spacial score (nSPS) is 10.4. The molecule has 2 aromatic rings. The maximum absolute atomic E-state index is 5.42. The maximum Gasteiger partial charge on any atom is 0.195 e. The second kappa shape index (κ2) is 4.26. The average molecular weight is 207 g/mol. The zero-order chi connectivity index (χ0) is 9.80. The van der Waals surface area contributed by atoms with Crippen molar-refractivity contribution in [3.63, 3.8) is 0 Å². The van der Waals surface area contributed by atoms with Crippen LogP contribution in [0.1, 0.15) is 5.76 Å². The summed E-state index contributed by atoms with van der Waals surface area (Å²) in [7, 11) is 0. The van der Waals surface area contributed by atoms with E-state index in [1.54, 1.807) is 18.5 Å². The first-order valence-electron chi connectivity index (χ1n) is 4.12. The molecule has 0 aliphatic rings. The van der Waals surface area contributed by atoms with E-state index in [2.05, 4.69) is 9.97 Å². The summed E-state index contributed by atoms with van der Waals surface area (Å²) in [4.78, 5) is 8.14. The first kappa shape index (κ1) is 9.23. The zero-order valence-corrected chi connectivity index (χ0v) is 8.20. The molecule has 0 saturated carbocycles. The lowest BCUT2D eigenvalue weighted by molar-refractivity contribution is 0.433. The van der Waals surface area contributed by atoms with Gasteiger partial charge in [0.25, 0.3) is 0 Å². The number of aromatic nitrogens is 2. The molecule has 0 spiro atoms. The van der Waals surface area contributed by atoms with E-state index < -0.39 is 0 Å². The average Bonchev–Trinajstić information content (AvgIpc) is 2.67. The van der Waals surface area contributed by atoms with Crippen molar-refractivity contribution in [1.82, 2.24) is 9.97 Å². The number of rotatable bonds is 3. The fourth-order valence-electron chi connectivity index (χ4n) is 0.951. The fraction of sp³-hybridized carbons (Fsp3) is 0.111. The summed E-state index contributed by atoms with van der Waals surface area (Å²) >= 11 is 1.38. The quantitative estimate of drug-likeness (QED) is 0.776. The molecule has 2 rings (SSSR count). The fourth-order valence-corrected chi connectivity index (χ4v) is 1.64. The van der Waals surface area contributed by atoms with Gasteiger partial charge < -0.3 is 10.2 Å². The Morgan fingerprint density at radius 3 is 2.71 bits per heavy atom. The third kappa shape index (κ3) is 2.12. The Kier molecular flexibility index (Phi) is 2.81. The number of hydrogen-bond acceptors (Lipinski definition) is 5. The van der Waals surface area contributed by atoms with Crippen LogP contribution >= 0.6 is 11.8 Å². The van der Waals surface area contributed by atoms with Crippen LogP contribution in [-0.4, -0.2) is 9.97 Å². The van der Waals surface area contributed by atoms with Gasteiger partial charge >= 0.3 is 0 Å². The summed E-state index contributed by atoms with van der Waals surface area (Å²) in [6, 6.07) is 5.49. The lowest BCUT2D eigenvalue weighted by Gasteiger charge is -1.94. The lowest BCUT2D eigenvalue weighted by atomic mass is 10.5. The van der Waals surface area contributed by atoms with Crippen LogP contribution in [0.4, 0.5) is 0 Å². The van der Waals surface area contributed by atoms with Gasteiger partial charge in [-0.15, -0.1) is 0 Å². The summed E-state index contributed by atoms with van der Waals surface area (Å²) in [5, 5.41) is 1.43. The monoisotopic (exact) mass is 207 g/mol. The minimum atomic E-state index is 0.413. The van der Waals surface area contributed by atoms with E-state index in [-0.39, 0.29) is 0 Å². The van der Waals surface area contributed by atoms with Crippen LogP contribution in [0.5, 0.6) is 0 Å². The Balaban J connectivity index is 2.11. The van der Waals surface area contributed by atoms with Crippen molar-refractivity contribution in [2.45, 2.75) is 16.8 Å². The molecule has 0 atom stereocenters. The minimum absolute atomic E-state index is 0.413. The van der Waals surface area contributed by atoms with Gasteiger partial charge in [0.05, 0.1) is 6.54 Å². The molecule has 2 heterocycles. The van der Waals surface area contributed by atoms with Gasteiger partial charge in [-0.2, -0.15) is 0 Å². The molecule has 0 fully saturated rings. The number of nitrogens with two attached hydrogens (primary N) is 1. The Morgan fingerprint density at radius 1 is 1.29 bits per heavy atom. The van der Waals surface area contributed by atoms with E-state index in [9.17, 15) is 0 Å². The van der Waals surface area contributed by atoms with E-state index in [1.165, 1.54) is 11.8 Å². The van der Waals surface area contributed by atoms with Crippen LogP contribution in [-0.2, 0) is 6.54 Å². The number of nitrogens with zero attached hydrogens (tertiary/aromatic N) is 2. The number of furan rings is 1. The molecule has 0 bridgehead atoms. The second-order valence-corrected chi connectivity index (χ2v) is 3.53. The second-order valence-electron chi connectivity index (χ2n) is 2.56. The maximum atomic E-state index is 5.42. The first-order valence-corrected chi connectivity index (χ1v) is 4.94. The summed E-state index contributed by atoms with van der Waals surface area (Å²) < 4.78 is 5.39. The van der Waals surface area contributed by atoms with Crippen molar-refractivity contribution < 1.29 is 4.42 Å². The molecule has 0 saturated heterocycles. The van der Waals surface area contributed by atoms with Crippen molar-refractivity contribution in [1.29, 1.82) is 0 Å². The topological polar surface area (TPSA) is 64.9 Å². The molecule has 14 heavy (non-hydrogen) atoms. The van der Waals surface area contributed by atoms with Crippen molar-refractivity contribution in [2.24, 2.45) is 5.73 Å². The Hall–Kier alpha value is -1.33. The predicted molar refractivity (Wildman–Crippen MR) is 52.8 cm³/mol. The lowest BCUT2D eigenvalue weighted by Crippen LogP contribution is -1.92. The van der Waals surface area contributed by atoms with E-state index in [4.69, 9.17) is 10.2 Å². The van der Waals surface area contributed by atoms with Gasteiger partial charge in [0.15, 0.2) is 10.2 Å². The van der Waals surface area contributed by atoms with Gasteiger partial charge in [-0.1, -0.05) is 0 Å². The molecular formula is C9H9N3OS. The van der Waals surface area contributed by atoms with Crippen molar-refractivity contribution in [3.05, 3.63) is 36.4 Å². The van der Waals surface area contributed by atoms with E-state index >= 15 is 0 Å². The highest BCUT2D eigenvalue weighted by Gasteiger charge is 2.03. The SMILES string of the molecule is NCc1ccc(Sc2ncccn2)o1. The number of hydrogen-bond donors (Lipinski definition) is 1. The van der Waals surface area contributed by atoms with Gasteiger partial charge in [-0.3, -0.25) is 0 Å². The first-order chi connectivity index (χ1) is 6.88. The van der Waals surface area contributed by atoms with Crippen molar-refractivity contribution >= 4 is 11.8 Å². The molecule has 72 valence electrons. The van der Waals surface area contributed by atoms with Gasteiger partial charge in [-0.25, -0.2) is 9.97 Å². The standard InChI is InChI=1S/C9H9N3OS/c10-6-7-2-3-8(13-7)14-9-11-4-1-5-12-9/h1-5H,6,10H2. The molecule has 0 unspecified atom stereocenters. The molecular weight excluding hydrogens is 198 g/mol. The molecule has 5 heteroatoms. The molecule has 2 N–H and O–H groups in total. The third-order valence-electron chi connectivity index (χ3n) is 1.57. The van der Waals surface area contributed by atoms with Gasteiger partial charge in [0.1, 0.15) is 5.76 Å². The van der Waals surface area contributed by atoms with E-state index in [0.29, 0.717) is 11.7 Å². The molecule has 0 aliphatic heterocycles. The Labute approximate surface area is 85.6 Å². The summed E-state index contributed by atoms with van der Waals surface area (Å²) in [5.74, 6) is 0.767. The van der Waals surface area contributed by atoms with Crippen LogP contribution in [0.3, 0.4) is 0 Å². The zero-order valence-electron chi connectivity index (χ0n) is 7.38. The van der Waals surface area contributed by atoms with Crippen LogP contribution in [0, 0.1) is 0 Å². The van der Waals surface area contributed by atoms with E-state index in [1.807, 2.05) is 12.1 Å². The summed E-state index contributed by atoms with van der Waals surface area (Å²) in [6.45, 7) is 0.413. The van der Waals surface area contributed by atoms with Crippen LogP contribution < -0.4 is 5.73 Å².